The van der Waals surface area contributed by atoms with E-state index in [-0.39, 0.29) is 36.1 Å². The number of morpholine rings is 1. The van der Waals surface area contributed by atoms with Crippen LogP contribution in [0.25, 0.3) is 0 Å². The summed E-state index contributed by atoms with van der Waals surface area (Å²) in [4.78, 5) is 10.1. The lowest BCUT2D eigenvalue weighted by Crippen LogP contribution is -2.51. The number of ether oxygens (including phenoxy) is 2. The summed E-state index contributed by atoms with van der Waals surface area (Å²) in [6.45, 7) is 9.86. The molecule has 8 heteroatoms. The van der Waals surface area contributed by atoms with Crippen molar-refractivity contribution in [2.75, 3.05) is 59.5 Å². The molecule has 3 unspecified atom stereocenters. The molecule has 0 amide bonds. The van der Waals surface area contributed by atoms with Crippen LogP contribution >= 0.6 is 24.0 Å². The zero-order chi connectivity index (χ0) is 21.5. The van der Waals surface area contributed by atoms with Gasteiger partial charge < -0.3 is 20.1 Å². The highest BCUT2D eigenvalue weighted by Crippen LogP contribution is 2.28. The lowest BCUT2D eigenvalue weighted by atomic mass is 10.1. The summed E-state index contributed by atoms with van der Waals surface area (Å²) in [6.07, 6.45) is 5.34. The molecule has 0 aromatic heterocycles. The van der Waals surface area contributed by atoms with E-state index in [1.54, 1.807) is 7.11 Å². The van der Waals surface area contributed by atoms with Crippen LogP contribution in [0.4, 0.5) is 0 Å². The first-order chi connectivity index (χ1) is 15.3. The van der Waals surface area contributed by atoms with E-state index < -0.39 is 0 Å². The van der Waals surface area contributed by atoms with Crippen LogP contribution in [0.1, 0.15) is 44.2 Å². The first-order valence-electron chi connectivity index (χ1n) is 12.0. The van der Waals surface area contributed by atoms with Gasteiger partial charge in [0.2, 0.25) is 0 Å². The first kappa shape index (κ1) is 25.5. The molecule has 3 heterocycles. The number of aliphatic imine (C=N–C) groups is 1. The number of rotatable bonds is 8. The molecular weight excluding hydrogens is 517 g/mol. The average molecular weight is 558 g/mol. The molecule has 3 aliphatic heterocycles. The largest absolute Gasteiger partial charge is 0.497 e. The van der Waals surface area contributed by atoms with Crippen molar-refractivity contribution < 1.29 is 9.47 Å². The fourth-order valence-electron chi connectivity index (χ4n) is 5.07. The van der Waals surface area contributed by atoms with Crippen molar-refractivity contribution in [2.24, 2.45) is 4.99 Å². The third-order valence-corrected chi connectivity index (χ3v) is 6.79. The van der Waals surface area contributed by atoms with Crippen LogP contribution in [0.3, 0.4) is 0 Å². The summed E-state index contributed by atoms with van der Waals surface area (Å²) in [5, 5.41) is 6.95. The van der Waals surface area contributed by atoms with Crippen LogP contribution in [0.15, 0.2) is 29.3 Å². The number of halogens is 1. The average Bonchev–Trinajstić information content (AvgIpc) is 3.49. The predicted molar refractivity (Wildman–Crippen MR) is 140 cm³/mol. The van der Waals surface area contributed by atoms with Gasteiger partial charge in [-0.15, -0.1) is 24.0 Å². The second-order valence-electron chi connectivity index (χ2n) is 8.88. The highest BCUT2D eigenvalue weighted by Gasteiger charge is 2.32. The predicted octanol–water partition coefficient (Wildman–Crippen LogP) is 2.87. The van der Waals surface area contributed by atoms with E-state index in [0.29, 0.717) is 6.04 Å². The molecule has 3 saturated heterocycles. The number of nitrogens with one attached hydrogen (secondary N) is 2. The molecule has 32 heavy (non-hydrogen) atoms. The van der Waals surface area contributed by atoms with Crippen molar-refractivity contribution in [2.45, 2.75) is 50.8 Å². The number of benzene rings is 1. The Balaban J connectivity index is 0.00000289. The van der Waals surface area contributed by atoms with Crippen LogP contribution in [0, 0.1) is 0 Å². The summed E-state index contributed by atoms with van der Waals surface area (Å²) >= 11 is 0. The van der Waals surface area contributed by atoms with Crippen molar-refractivity contribution in [1.29, 1.82) is 0 Å². The smallest absolute Gasteiger partial charge is 0.191 e. The van der Waals surface area contributed by atoms with Crippen LogP contribution < -0.4 is 15.4 Å². The van der Waals surface area contributed by atoms with Crippen molar-refractivity contribution in [3.8, 4) is 5.75 Å². The molecule has 7 nitrogen and oxygen atoms in total. The van der Waals surface area contributed by atoms with Crippen LogP contribution in [-0.2, 0) is 4.74 Å². The number of fused-ring (bicyclic) bond motifs is 1. The second kappa shape index (κ2) is 13.0. The summed E-state index contributed by atoms with van der Waals surface area (Å²) in [7, 11) is 1.73. The summed E-state index contributed by atoms with van der Waals surface area (Å²) in [6, 6.07) is 9.35. The van der Waals surface area contributed by atoms with Gasteiger partial charge in [0, 0.05) is 25.7 Å². The number of methoxy groups -OCH3 is 1. The van der Waals surface area contributed by atoms with Crippen molar-refractivity contribution >= 4 is 29.9 Å². The lowest BCUT2D eigenvalue weighted by Gasteiger charge is -2.35. The van der Waals surface area contributed by atoms with Gasteiger partial charge in [-0.05, 0) is 69.9 Å². The summed E-state index contributed by atoms with van der Waals surface area (Å²) < 4.78 is 11.6. The number of hydrogen-bond acceptors (Lipinski definition) is 5. The van der Waals surface area contributed by atoms with Crippen molar-refractivity contribution in [3.05, 3.63) is 29.8 Å². The van der Waals surface area contributed by atoms with Gasteiger partial charge in [0.25, 0.3) is 0 Å². The highest BCUT2D eigenvalue weighted by molar-refractivity contribution is 14.0. The van der Waals surface area contributed by atoms with E-state index in [9.17, 15) is 0 Å². The Morgan fingerprint density at radius 2 is 2.06 bits per heavy atom. The van der Waals surface area contributed by atoms with Gasteiger partial charge in [0.1, 0.15) is 5.75 Å². The van der Waals surface area contributed by atoms with E-state index in [1.165, 1.54) is 37.8 Å². The molecule has 0 saturated carbocycles. The van der Waals surface area contributed by atoms with E-state index in [0.717, 1.165) is 57.6 Å². The van der Waals surface area contributed by atoms with Gasteiger partial charge in [-0.2, -0.15) is 0 Å². The monoisotopic (exact) mass is 557 g/mol. The van der Waals surface area contributed by atoms with Gasteiger partial charge in [0.05, 0.1) is 32.4 Å². The summed E-state index contributed by atoms with van der Waals surface area (Å²) in [5.41, 5.74) is 1.27. The van der Waals surface area contributed by atoms with Gasteiger partial charge in [-0.1, -0.05) is 12.1 Å². The lowest BCUT2D eigenvalue weighted by molar-refractivity contribution is -0.0453. The molecule has 1 aromatic carbocycles. The fraction of sp³-hybridized carbons (Fsp3) is 0.708. The number of guanidine groups is 1. The van der Waals surface area contributed by atoms with E-state index >= 15 is 0 Å². The number of nitrogens with zero attached hydrogens (tertiary/aromatic N) is 3. The Morgan fingerprint density at radius 1 is 1.22 bits per heavy atom. The third-order valence-electron chi connectivity index (χ3n) is 6.79. The Hall–Kier alpha value is -1.10. The van der Waals surface area contributed by atoms with Gasteiger partial charge in [-0.3, -0.25) is 14.8 Å². The minimum Gasteiger partial charge on any atom is -0.497 e. The van der Waals surface area contributed by atoms with Gasteiger partial charge >= 0.3 is 0 Å². The fourth-order valence-corrected chi connectivity index (χ4v) is 5.07. The van der Waals surface area contributed by atoms with Crippen LogP contribution in [0.2, 0.25) is 0 Å². The zero-order valence-corrected chi connectivity index (χ0v) is 21.9. The highest BCUT2D eigenvalue weighted by atomic mass is 127. The second-order valence-corrected chi connectivity index (χ2v) is 8.88. The molecule has 3 aliphatic rings. The number of likely N-dealkylation sites (tertiary alicyclic amines) is 1. The van der Waals surface area contributed by atoms with Crippen molar-refractivity contribution in [3.63, 3.8) is 0 Å². The number of hydrogen-bond donors (Lipinski definition) is 2. The standard InChI is InChI=1S/C24H39N5O2.HI/c1-3-25-24(26-15-22-17-29-13-7-9-20(29)18-31-22)27-16-23(28-11-4-5-12-28)19-8-6-10-21(14-19)30-2;/h6,8,10,14,20,22-23H,3-5,7,9,11-13,15-18H2,1-2H3,(H2,25,26,27);1H. The van der Waals surface area contributed by atoms with E-state index in [1.807, 2.05) is 6.07 Å². The van der Waals surface area contributed by atoms with E-state index in [2.05, 4.69) is 45.6 Å². The van der Waals surface area contributed by atoms with Gasteiger partial charge in [-0.25, -0.2) is 0 Å². The maximum atomic E-state index is 6.11. The molecule has 0 bridgehead atoms. The summed E-state index contributed by atoms with van der Waals surface area (Å²) in [5.74, 6) is 1.78. The Bertz CT molecular complexity index is 728. The van der Waals surface area contributed by atoms with Crippen molar-refractivity contribution in [1.82, 2.24) is 20.4 Å². The van der Waals surface area contributed by atoms with Crippen LogP contribution in [0.5, 0.6) is 5.75 Å². The molecule has 0 aliphatic carbocycles. The van der Waals surface area contributed by atoms with E-state index in [4.69, 9.17) is 14.5 Å². The Labute approximate surface area is 210 Å². The normalized spacial score (nSPS) is 25.1. The molecule has 3 fully saturated rings. The molecule has 1 aromatic rings. The molecule has 3 atom stereocenters. The SMILES string of the molecule is CCNC(=NCC(c1cccc(OC)c1)N1CCCC1)NCC1CN2CCCC2CO1.I. The molecular formula is C24H40IN5O2. The first-order valence-corrected chi connectivity index (χ1v) is 12.0. The Kier molecular flexibility index (Phi) is 10.3. The topological polar surface area (TPSA) is 61.4 Å². The molecule has 0 radical (unpaired) electrons. The molecule has 0 spiro atoms. The minimum absolute atomic E-state index is 0. The molecule has 180 valence electrons. The zero-order valence-electron chi connectivity index (χ0n) is 19.6. The molecule has 4 rings (SSSR count). The maximum Gasteiger partial charge on any atom is 0.191 e. The Morgan fingerprint density at radius 3 is 2.84 bits per heavy atom. The maximum absolute atomic E-state index is 6.11. The van der Waals surface area contributed by atoms with Gasteiger partial charge in [0.15, 0.2) is 5.96 Å². The minimum atomic E-state index is 0. The van der Waals surface area contributed by atoms with Crippen LogP contribution in [-0.4, -0.2) is 87.4 Å². The molecule has 2 N–H and O–H groups in total. The quantitative estimate of drug-likeness (QED) is 0.291. The third kappa shape index (κ3) is 6.71.